The molecule has 1 aromatic rings. The van der Waals surface area contributed by atoms with Gasteiger partial charge in [-0.25, -0.2) is 0 Å². The quantitative estimate of drug-likeness (QED) is 0.580. The summed E-state index contributed by atoms with van der Waals surface area (Å²) in [4.78, 5) is 22.6. The Labute approximate surface area is 121 Å². The van der Waals surface area contributed by atoms with E-state index >= 15 is 0 Å². The molecule has 4 heteroatoms. The predicted molar refractivity (Wildman–Crippen MR) is 83.4 cm³/mol. The summed E-state index contributed by atoms with van der Waals surface area (Å²) in [5.41, 5.74) is -1.29. The van der Waals surface area contributed by atoms with Crippen molar-refractivity contribution < 1.29 is 14.3 Å². The fraction of sp³-hybridized carbons (Fsp3) is 0.562. The molecule has 1 rings (SSSR count). The molecule has 0 heterocycles. The van der Waals surface area contributed by atoms with E-state index in [4.69, 9.17) is 0 Å². The summed E-state index contributed by atoms with van der Waals surface area (Å²) in [6.07, 6.45) is 4.91. The molecule has 0 aliphatic heterocycles. The van der Waals surface area contributed by atoms with Gasteiger partial charge >= 0.3 is 0 Å². The second-order valence-electron chi connectivity index (χ2n) is 5.91. The Kier molecular flexibility index (Phi) is 6.16. The van der Waals surface area contributed by atoms with Gasteiger partial charge in [0.15, 0.2) is 0 Å². The van der Waals surface area contributed by atoms with Gasteiger partial charge in [-0.3, -0.25) is 9.36 Å². The maximum absolute atomic E-state index is 12.5. The maximum atomic E-state index is 12.5. The van der Waals surface area contributed by atoms with Crippen molar-refractivity contribution in [1.82, 2.24) is 0 Å². The Bertz CT molecular complexity index is 480. The van der Waals surface area contributed by atoms with Gasteiger partial charge in [-0.2, -0.15) is 0 Å². The Balaban J connectivity index is 2.79. The first kappa shape index (κ1) is 17.1. The van der Waals surface area contributed by atoms with Crippen molar-refractivity contribution in [2.24, 2.45) is 5.41 Å². The molecule has 0 aliphatic carbocycles. The highest BCUT2D eigenvalue weighted by Gasteiger charge is 2.41. The molecule has 0 radical (unpaired) electrons. The summed E-state index contributed by atoms with van der Waals surface area (Å²) < 4.78 is 12.5. The number of carbonyl (C=O) groups excluding carboxylic acids is 1. The minimum Gasteiger partial charge on any atom is -0.336 e. The molecule has 1 N–H and O–H groups in total. The smallest absolute Gasteiger partial charge is 0.293 e. The molecule has 0 bridgehead atoms. The van der Waals surface area contributed by atoms with Gasteiger partial charge in [-0.1, -0.05) is 64.7 Å². The maximum Gasteiger partial charge on any atom is 0.293 e. The van der Waals surface area contributed by atoms with Gasteiger partial charge in [0, 0.05) is 10.7 Å². The van der Waals surface area contributed by atoms with Crippen molar-refractivity contribution in [2.75, 3.05) is 0 Å². The minimum atomic E-state index is -3.95. The van der Waals surface area contributed by atoms with Gasteiger partial charge in [0.1, 0.15) is 0 Å². The molecule has 0 aromatic heterocycles. The third kappa shape index (κ3) is 4.29. The van der Waals surface area contributed by atoms with Crippen molar-refractivity contribution in [3.05, 3.63) is 30.3 Å². The average molecular weight is 296 g/mol. The number of hydrogen-bond donors (Lipinski definition) is 1. The molecule has 0 spiro atoms. The van der Waals surface area contributed by atoms with E-state index in [0.29, 0.717) is 6.42 Å². The standard InChI is InChI=1S/C16H25O3P/c1-4-5-6-10-13-16(2,3)15(17)20(18,19)14-11-8-7-9-12-14/h7-9,11-12H,4-6,10,13H2,1-3H3,(H,18,19). The van der Waals surface area contributed by atoms with E-state index < -0.39 is 18.3 Å². The first-order valence-corrected chi connectivity index (χ1v) is 8.91. The number of unbranched alkanes of at least 4 members (excludes halogenated alkanes) is 3. The topological polar surface area (TPSA) is 54.4 Å². The van der Waals surface area contributed by atoms with Gasteiger partial charge in [-0.05, 0) is 18.6 Å². The van der Waals surface area contributed by atoms with Gasteiger partial charge in [0.05, 0.1) is 0 Å². The van der Waals surface area contributed by atoms with Crippen LogP contribution in [0.4, 0.5) is 0 Å². The van der Waals surface area contributed by atoms with Crippen LogP contribution >= 0.6 is 7.37 Å². The molecule has 0 aliphatic rings. The van der Waals surface area contributed by atoms with Crippen LogP contribution in [0.25, 0.3) is 0 Å². The predicted octanol–water partition coefficient (Wildman–Crippen LogP) is 4.11. The van der Waals surface area contributed by atoms with Crippen molar-refractivity contribution >= 4 is 18.2 Å². The molecule has 3 nitrogen and oxygen atoms in total. The molecule has 0 saturated carbocycles. The van der Waals surface area contributed by atoms with Gasteiger partial charge in [-0.15, -0.1) is 0 Å². The second-order valence-corrected chi connectivity index (χ2v) is 7.99. The van der Waals surface area contributed by atoms with Crippen LogP contribution in [0.15, 0.2) is 30.3 Å². The first-order chi connectivity index (χ1) is 9.32. The summed E-state index contributed by atoms with van der Waals surface area (Å²) in [6, 6.07) is 8.22. The molecule has 1 unspecified atom stereocenters. The van der Waals surface area contributed by atoms with E-state index in [1.807, 2.05) is 0 Å². The lowest BCUT2D eigenvalue weighted by atomic mass is 9.88. The summed E-state index contributed by atoms with van der Waals surface area (Å²) in [6.45, 7) is 5.67. The molecular weight excluding hydrogens is 271 g/mol. The fourth-order valence-corrected chi connectivity index (χ4v) is 4.00. The lowest BCUT2D eigenvalue weighted by Gasteiger charge is -2.25. The monoisotopic (exact) mass is 296 g/mol. The number of rotatable bonds is 8. The van der Waals surface area contributed by atoms with E-state index in [0.717, 1.165) is 25.7 Å². The Morgan fingerprint density at radius 2 is 1.75 bits per heavy atom. The highest BCUT2D eigenvalue weighted by Crippen LogP contribution is 2.48. The van der Waals surface area contributed by atoms with Gasteiger partial charge in [0.2, 0.25) is 5.52 Å². The van der Waals surface area contributed by atoms with E-state index in [1.165, 1.54) is 0 Å². The van der Waals surface area contributed by atoms with Gasteiger partial charge < -0.3 is 4.89 Å². The summed E-state index contributed by atoms with van der Waals surface area (Å²) in [5, 5.41) is 0.228. The van der Waals surface area contributed by atoms with Crippen LogP contribution in [0, 0.1) is 5.41 Å². The highest BCUT2D eigenvalue weighted by atomic mass is 31.2. The second kappa shape index (κ2) is 7.19. The van der Waals surface area contributed by atoms with Crippen LogP contribution in [0.5, 0.6) is 0 Å². The van der Waals surface area contributed by atoms with E-state index in [1.54, 1.807) is 44.2 Å². The van der Waals surface area contributed by atoms with Gasteiger partial charge in [0.25, 0.3) is 7.37 Å². The zero-order valence-electron chi connectivity index (χ0n) is 12.6. The van der Waals surface area contributed by atoms with Crippen LogP contribution in [-0.2, 0) is 9.36 Å². The van der Waals surface area contributed by atoms with Crippen molar-refractivity contribution in [3.63, 3.8) is 0 Å². The number of benzene rings is 1. The lowest BCUT2D eigenvalue weighted by molar-refractivity contribution is -0.120. The fourth-order valence-electron chi connectivity index (χ4n) is 2.26. The highest BCUT2D eigenvalue weighted by molar-refractivity contribution is 7.82. The first-order valence-electron chi connectivity index (χ1n) is 7.26. The summed E-state index contributed by atoms with van der Waals surface area (Å²) >= 11 is 0. The number of carbonyl (C=O) groups is 1. The van der Waals surface area contributed by atoms with Crippen LogP contribution < -0.4 is 5.30 Å². The normalized spacial score (nSPS) is 14.8. The molecule has 0 amide bonds. The zero-order valence-corrected chi connectivity index (χ0v) is 13.5. The largest absolute Gasteiger partial charge is 0.336 e. The summed E-state index contributed by atoms with van der Waals surface area (Å²) in [5.74, 6) is 0. The van der Waals surface area contributed by atoms with Crippen LogP contribution in [0.3, 0.4) is 0 Å². The van der Waals surface area contributed by atoms with E-state index in [-0.39, 0.29) is 5.30 Å². The van der Waals surface area contributed by atoms with E-state index in [2.05, 4.69) is 6.92 Å². The van der Waals surface area contributed by atoms with Crippen molar-refractivity contribution in [1.29, 1.82) is 0 Å². The lowest BCUT2D eigenvalue weighted by Crippen LogP contribution is -2.27. The molecule has 20 heavy (non-hydrogen) atoms. The van der Waals surface area contributed by atoms with Crippen LogP contribution in [0.1, 0.15) is 52.9 Å². The number of hydrogen-bond acceptors (Lipinski definition) is 2. The summed E-state index contributed by atoms with van der Waals surface area (Å²) in [7, 11) is -3.95. The zero-order chi connectivity index (χ0) is 15.2. The molecular formula is C16H25O3P. The minimum absolute atomic E-state index is 0.228. The van der Waals surface area contributed by atoms with Crippen LogP contribution in [-0.4, -0.2) is 10.4 Å². The average Bonchev–Trinajstić information content (AvgIpc) is 2.43. The molecule has 1 aromatic carbocycles. The Morgan fingerprint density at radius 1 is 1.15 bits per heavy atom. The van der Waals surface area contributed by atoms with Crippen molar-refractivity contribution in [3.8, 4) is 0 Å². The third-order valence-corrected chi connectivity index (χ3v) is 5.77. The third-order valence-electron chi connectivity index (χ3n) is 3.62. The van der Waals surface area contributed by atoms with Crippen molar-refractivity contribution in [2.45, 2.75) is 52.9 Å². The SMILES string of the molecule is CCCCCCC(C)(C)C(=O)P(=O)(O)c1ccccc1. The molecule has 112 valence electrons. The molecule has 0 fully saturated rings. The Hall–Kier alpha value is -0.920. The van der Waals surface area contributed by atoms with E-state index in [9.17, 15) is 14.3 Å². The Morgan fingerprint density at radius 3 is 2.30 bits per heavy atom. The molecule has 1 atom stereocenters. The molecule has 0 saturated heterocycles. The van der Waals surface area contributed by atoms with Crippen LogP contribution in [0.2, 0.25) is 0 Å².